The Bertz CT molecular complexity index is 450. The largest absolute Gasteiger partial charge is 0.481 e. The Morgan fingerprint density at radius 3 is 2.65 bits per heavy atom. The van der Waals surface area contributed by atoms with Crippen LogP contribution in [0.4, 0.5) is 0 Å². The highest BCUT2D eigenvalue weighted by molar-refractivity contribution is 5.79. The first-order chi connectivity index (χ1) is 9.58. The van der Waals surface area contributed by atoms with E-state index in [0.29, 0.717) is 25.3 Å². The van der Waals surface area contributed by atoms with Crippen molar-refractivity contribution in [3.8, 4) is 0 Å². The average molecular weight is 279 g/mol. The lowest BCUT2D eigenvalue weighted by Gasteiger charge is -2.26. The number of rotatable bonds is 5. The van der Waals surface area contributed by atoms with Crippen LogP contribution >= 0.6 is 0 Å². The van der Waals surface area contributed by atoms with Gasteiger partial charge < -0.3 is 10.4 Å². The number of hydrogen-bond acceptors (Lipinski definition) is 3. The van der Waals surface area contributed by atoms with Crippen molar-refractivity contribution in [1.82, 2.24) is 15.1 Å². The van der Waals surface area contributed by atoms with Crippen LogP contribution in [0.2, 0.25) is 0 Å². The molecule has 1 aliphatic rings. The summed E-state index contributed by atoms with van der Waals surface area (Å²) in [5.74, 6) is -0.557. The summed E-state index contributed by atoms with van der Waals surface area (Å²) in [5.41, 5.74) is 0. The molecule has 0 radical (unpaired) electrons. The maximum absolute atomic E-state index is 12.0. The molecule has 1 unspecified atom stereocenters. The predicted molar refractivity (Wildman–Crippen MR) is 73.0 cm³/mol. The first-order valence-electron chi connectivity index (χ1n) is 7.07. The van der Waals surface area contributed by atoms with Gasteiger partial charge in [0.1, 0.15) is 6.04 Å². The number of aliphatic carboxylic acids is 1. The molecule has 1 saturated carbocycles. The van der Waals surface area contributed by atoms with Gasteiger partial charge in [-0.05, 0) is 44.6 Å². The van der Waals surface area contributed by atoms with E-state index in [9.17, 15) is 9.59 Å². The molecule has 1 aromatic heterocycles. The molecule has 1 atom stereocenters. The van der Waals surface area contributed by atoms with Crippen LogP contribution in [0.1, 0.15) is 38.6 Å². The fraction of sp³-hybridized carbons (Fsp3) is 0.643. The normalized spacial score (nSPS) is 24.1. The van der Waals surface area contributed by atoms with Gasteiger partial charge in [-0.3, -0.25) is 14.3 Å². The van der Waals surface area contributed by atoms with Gasteiger partial charge in [0.25, 0.3) is 0 Å². The van der Waals surface area contributed by atoms with E-state index in [2.05, 4.69) is 10.4 Å². The minimum atomic E-state index is -0.695. The lowest BCUT2D eigenvalue weighted by Crippen LogP contribution is -2.36. The van der Waals surface area contributed by atoms with E-state index in [4.69, 9.17) is 5.11 Å². The molecule has 1 heterocycles. The number of carbonyl (C=O) groups is 2. The number of carboxylic acid groups (broad SMARTS) is 1. The summed E-state index contributed by atoms with van der Waals surface area (Å²) in [5, 5.41) is 15.9. The minimum absolute atomic E-state index is 0.0472. The van der Waals surface area contributed by atoms with E-state index in [0.717, 1.165) is 12.8 Å². The van der Waals surface area contributed by atoms with Gasteiger partial charge in [0.15, 0.2) is 0 Å². The highest BCUT2D eigenvalue weighted by Gasteiger charge is 2.26. The molecular weight excluding hydrogens is 258 g/mol. The van der Waals surface area contributed by atoms with Crippen molar-refractivity contribution in [2.45, 2.75) is 38.6 Å². The van der Waals surface area contributed by atoms with E-state index in [-0.39, 0.29) is 17.9 Å². The van der Waals surface area contributed by atoms with Crippen molar-refractivity contribution in [3.05, 3.63) is 18.5 Å². The minimum Gasteiger partial charge on any atom is -0.481 e. The van der Waals surface area contributed by atoms with Crippen molar-refractivity contribution in [1.29, 1.82) is 0 Å². The Balaban J connectivity index is 1.73. The van der Waals surface area contributed by atoms with Crippen molar-refractivity contribution in [2.75, 3.05) is 6.54 Å². The molecule has 1 aliphatic carbocycles. The van der Waals surface area contributed by atoms with Gasteiger partial charge in [-0.2, -0.15) is 5.10 Å². The third kappa shape index (κ3) is 3.59. The fourth-order valence-corrected chi connectivity index (χ4v) is 2.64. The van der Waals surface area contributed by atoms with Crippen LogP contribution in [0.5, 0.6) is 0 Å². The summed E-state index contributed by atoms with van der Waals surface area (Å²) >= 11 is 0. The number of nitrogens with zero attached hydrogens (tertiary/aromatic N) is 2. The maximum Gasteiger partial charge on any atom is 0.306 e. The molecular formula is C14H21N3O3. The van der Waals surface area contributed by atoms with Crippen LogP contribution in [0.25, 0.3) is 0 Å². The molecule has 1 aromatic rings. The first-order valence-corrected chi connectivity index (χ1v) is 7.07. The van der Waals surface area contributed by atoms with Crippen LogP contribution in [0, 0.1) is 11.8 Å². The average Bonchev–Trinajstić information content (AvgIpc) is 2.98. The third-order valence-electron chi connectivity index (χ3n) is 4.06. The van der Waals surface area contributed by atoms with E-state index in [1.165, 1.54) is 0 Å². The molecule has 0 aromatic carbocycles. The van der Waals surface area contributed by atoms with E-state index in [1.807, 2.05) is 6.92 Å². The van der Waals surface area contributed by atoms with Crippen LogP contribution in [0.3, 0.4) is 0 Å². The number of aromatic nitrogens is 2. The number of nitrogens with one attached hydrogen (secondary N) is 1. The van der Waals surface area contributed by atoms with Gasteiger partial charge >= 0.3 is 5.97 Å². The first kappa shape index (κ1) is 14.6. The summed E-state index contributed by atoms with van der Waals surface area (Å²) in [4.78, 5) is 22.9. The predicted octanol–water partition coefficient (Wildman–Crippen LogP) is 1.45. The zero-order chi connectivity index (χ0) is 14.5. The summed E-state index contributed by atoms with van der Waals surface area (Å²) in [6.07, 6.45) is 6.58. The van der Waals surface area contributed by atoms with Crippen molar-refractivity contribution in [3.63, 3.8) is 0 Å². The summed E-state index contributed by atoms with van der Waals surface area (Å²) < 4.78 is 1.62. The van der Waals surface area contributed by atoms with Crippen molar-refractivity contribution < 1.29 is 14.7 Å². The lowest BCUT2D eigenvalue weighted by molar-refractivity contribution is -0.143. The van der Waals surface area contributed by atoms with Crippen molar-refractivity contribution in [2.24, 2.45) is 11.8 Å². The van der Waals surface area contributed by atoms with Gasteiger partial charge in [0.2, 0.25) is 5.91 Å². The van der Waals surface area contributed by atoms with Crippen LogP contribution < -0.4 is 5.32 Å². The molecule has 2 N–H and O–H groups in total. The Labute approximate surface area is 118 Å². The van der Waals surface area contributed by atoms with Gasteiger partial charge in [-0.15, -0.1) is 0 Å². The summed E-state index contributed by atoms with van der Waals surface area (Å²) in [6.45, 7) is 2.43. The second-order valence-corrected chi connectivity index (χ2v) is 5.46. The van der Waals surface area contributed by atoms with Crippen LogP contribution in [0.15, 0.2) is 18.5 Å². The molecule has 0 saturated heterocycles. The number of hydrogen-bond donors (Lipinski definition) is 2. The third-order valence-corrected chi connectivity index (χ3v) is 4.06. The second-order valence-electron chi connectivity index (χ2n) is 5.46. The number of carboxylic acids is 1. The summed E-state index contributed by atoms with van der Waals surface area (Å²) in [6, 6.07) is 1.47. The molecule has 6 nitrogen and oxygen atoms in total. The molecule has 2 rings (SSSR count). The van der Waals surface area contributed by atoms with Gasteiger partial charge in [0, 0.05) is 18.9 Å². The fourth-order valence-electron chi connectivity index (χ4n) is 2.64. The quantitative estimate of drug-likeness (QED) is 0.854. The molecule has 110 valence electrons. The molecule has 0 spiro atoms. The Hall–Kier alpha value is -1.85. The van der Waals surface area contributed by atoms with E-state index < -0.39 is 5.97 Å². The monoisotopic (exact) mass is 279 g/mol. The smallest absolute Gasteiger partial charge is 0.306 e. The molecule has 0 bridgehead atoms. The van der Waals surface area contributed by atoms with Crippen LogP contribution in [-0.2, 0) is 9.59 Å². The molecule has 0 aliphatic heterocycles. The van der Waals surface area contributed by atoms with Crippen LogP contribution in [-0.4, -0.2) is 33.3 Å². The van der Waals surface area contributed by atoms with E-state index >= 15 is 0 Å². The SMILES string of the molecule is CC(C(=O)NCC1CCC(C(=O)O)CC1)n1cccn1. The highest BCUT2D eigenvalue weighted by atomic mass is 16.4. The highest BCUT2D eigenvalue weighted by Crippen LogP contribution is 2.28. The Morgan fingerprint density at radius 1 is 1.40 bits per heavy atom. The van der Waals surface area contributed by atoms with E-state index in [1.54, 1.807) is 23.1 Å². The summed E-state index contributed by atoms with van der Waals surface area (Å²) in [7, 11) is 0. The Kier molecular flexibility index (Phi) is 4.76. The molecule has 20 heavy (non-hydrogen) atoms. The van der Waals surface area contributed by atoms with Gasteiger partial charge in [-0.1, -0.05) is 0 Å². The topological polar surface area (TPSA) is 84.2 Å². The van der Waals surface area contributed by atoms with Gasteiger partial charge in [0.05, 0.1) is 5.92 Å². The zero-order valence-electron chi connectivity index (χ0n) is 11.7. The molecule has 6 heteroatoms. The second kappa shape index (κ2) is 6.54. The van der Waals surface area contributed by atoms with Gasteiger partial charge in [-0.25, -0.2) is 0 Å². The standard InChI is InChI=1S/C14H21N3O3/c1-10(17-8-2-7-16-17)13(18)15-9-11-3-5-12(6-4-11)14(19)20/h2,7-8,10-12H,3-6,9H2,1H3,(H,15,18)(H,19,20). The Morgan fingerprint density at radius 2 is 2.10 bits per heavy atom. The zero-order valence-corrected chi connectivity index (χ0v) is 11.7. The number of amides is 1. The number of carbonyl (C=O) groups excluding carboxylic acids is 1. The molecule has 1 fully saturated rings. The molecule has 1 amide bonds. The lowest BCUT2D eigenvalue weighted by atomic mass is 9.82. The van der Waals surface area contributed by atoms with Crippen molar-refractivity contribution >= 4 is 11.9 Å². The maximum atomic E-state index is 12.0.